The number of nitrogens with one attached hydrogen (secondary N) is 2. The van der Waals surface area contributed by atoms with E-state index >= 15 is 0 Å². The number of aryl methyl sites for hydroxylation is 1. The van der Waals surface area contributed by atoms with Gasteiger partial charge in [0.25, 0.3) is 15.6 Å². The van der Waals surface area contributed by atoms with Crippen LogP contribution in [0.5, 0.6) is 0 Å². The quantitative estimate of drug-likeness (QED) is 0.838. The summed E-state index contributed by atoms with van der Waals surface area (Å²) < 4.78 is 27.5. The lowest BCUT2D eigenvalue weighted by Crippen LogP contribution is -2.20. The van der Waals surface area contributed by atoms with Crippen LogP contribution in [0, 0.1) is 0 Å². The molecule has 0 radical (unpaired) electrons. The molecule has 0 saturated heterocycles. The molecule has 0 aliphatic rings. The Morgan fingerprint density at radius 1 is 1.39 bits per heavy atom. The molecule has 0 bridgehead atoms. The van der Waals surface area contributed by atoms with Crippen LogP contribution in [-0.4, -0.2) is 23.2 Å². The monoisotopic (exact) mass is 268 g/mol. The molecule has 7 nitrogen and oxygen atoms in total. The zero-order valence-corrected chi connectivity index (χ0v) is 10.4. The fourth-order valence-corrected chi connectivity index (χ4v) is 2.40. The third kappa shape index (κ3) is 2.43. The number of anilines is 1. The van der Waals surface area contributed by atoms with Gasteiger partial charge in [0.05, 0.1) is 11.9 Å². The van der Waals surface area contributed by atoms with Crippen molar-refractivity contribution in [1.29, 1.82) is 0 Å². The van der Waals surface area contributed by atoms with Crippen molar-refractivity contribution in [1.82, 2.24) is 14.8 Å². The van der Waals surface area contributed by atoms with Gasteiger partial charge in [-0.05, 0) is 19.1 Å². The summed E-state index contributed by atoms with van der Waals surface area (Å²) in [6.07, 6.45) is 2.80. The largest absolute Gasteiger partial charge is 0.314 e. The number of aromatic nitrogens is 3. The van der Waals surface area contributed by atoms with Crippen LogP contribution in [0.15, 0.2) is 40.4 Å². The first-order chi connectivity index (χ1) is 8.53. The first-order valence-electron chi connectivity index (χ1n) is 5.25. The molecule has 0 amide bonds. The van der Waals surface area contributed by atoms with Crippen LogP contribution in [0.25, 0.3) is 0 Å². The first kappa shape index (κ1) is 12.4. The topological polar surface area (TPSA) is 96.8 Å². The average molecular weight is 268 g/mol. The van der Waals surface area contributed by atoms with Crippen LogP contribution in [0.2, 0.25) is 0 Å². The highest BCUT2D eigenvalue weighted by Gasteiger charge is 2.15. The van der Waals surface area contributed by atoms with Gasteiger partial charge in [-0.3, -0.25) is 14.6 Å². The van der Waals surface area contributed by atoms with E-state index in [1.54, 1.807) is 6.92 Å². The first-order valence-corrected chi connectivity index (χ1v) is 6.74. The minimum atomic E-state index is -3.69. The number of sulfonamides is 1. The number of aromatic amines is 1. The van der Waals surface area contributed by atoms with Gasteiger partial charge >= 0.3 is 0 Å². The molecule has 2 rings (SSSR count). The molecule has 0 fully saturated rings. The summed E-state index contributed by atoms with van der Waals surface area (Å²) in [6.45, 7) is 2.27. The molecule has 0 saturated carbocycles. The molecular formula is C10H12N4O3S. The predicted octanol–water partition coefficient (Wildman–Crippen LogP) is 0.392. The Kier molecular flexibility index (Phi) is 3.19. The van der Waals surface area contributed by atoms with Gasteiger partial charge < -0.3 is 4.57 Å². The van der Waals surface area contributed by atoms with Crippen molar-refractivity contribution in [2.45, 2.75) is 18.5 Å². The Labute approximate surface area is 104 Å². The van der Waals surface area contributed by atoms with E-state index in [9.17, 15) is 13.2 Å². The fourth-order valence-electron chi connectivity index (χ4n) is 1.44. The summed E-state index contributed by atoms with van der Waals surface area (Å²) >= 11 is 0. The lowest BCUT2D eigenvalue weighted by molar-refractivity contribution is 0.597. The molecule has 0 aliphatic carbocycles. The van der Waals surface area contributed by atoms with Crippen LogP contribution in [0.4, 0.5) is 5.69 Å². The number of rotatable bonds is 4. The van der Waals surface area contributed by atoms with Gasteiger partial charge in [0.2, 0.25) is 0 Å². The van der Waals surface area contributed by atoms with Gasteiger partial charge in [0.15, 0.2) is 5.03 Å². The minimum Gasteiger partial charge on any atom is -0.314 e. The van der Waals surface area contributed by atoms with E-state index < -0.39 is 10.0 Å². The van der Waals surface area contributed by atoms with Gasteiger partial charge in [-0.15, -0.1) is 0 Å². The second-order valence-electron chi connectivity index (χ2n) is 3.57. The van der Waals surface area contributed by atoms with Crippen molar-refractivity contribution >= 4 is 15.7 Å². The normalized spacial score (nSPS) is 11.4. The Hall–Kier alpha value is -2.09. The summed E-state index contributed by atoms with van der Waals surface area (Å²) in [5.74, 6) is 0. The summed E-state index contributed by atoms with van der Waals surface area (Å²) in [4.78, 5) is 11.4. The maximum Gasteiger partial charge on any atom is 0.278 e. The maximum absolute atomic E-state index is 11.9. The number of nitrogens with zero attached hydrogens (tertiary/aromatic N) is 2. The smallest absolute Gasteiger partial charge is 0.278 e. The summed E-state index contributed by atoms with van der Waals surface area (Å²) in [7, 11) is -3.69. The van der Waals surface area contributed by atoms with Gasteiger partial charge in [0.1, 0.15) is 0 Å². The molecule has 0 atom stereocenters. The van der Waals surface area contributed by atoms with E-state index in [-0.39, 0.29) is 10.6 Å². The number of hydrogen-bond donors (Lipinski definition) is 2. The van der Waals surface area contributed by atoms with E-state index in [1.165, 1.54) is 35.2 Å². The van der Waals surface area contributed by atoms with Crippen molar-refractivity contribution in [2.75, 3.05) is 4.72 Å². The molecule has 0 aliphatic heterocycles. The molecule has 2 aromatic rings. The second kappa shape index (κ2) is 4.65. The van der Waals surface area contributed by atoms with Gasteiger partial charge in [-0.25, -0.2) is 0 Å². The zero-order valence-electron chi connectivity index (χ0n) is 9.62. The third-order valence-corrected chi connectivity index (χ3v) is 3.65. The Morgan fingerprint density at radius 2 is 2.17 bits per heavy atom. The van der Waals surface area contributed by atoms with Crippen molar-refractivity contribution in [3.63, 3.8) is 0 Å². The highest BCUT2D eigenvalue weighted by atomic mass is 32.2. The van der Waals surface area contributed by atoms with Gasteiger partial charge in [-0.1, -0.05) is 0 Å². The molecule has 8 heteroatoms. The number of H-pyrrole nitrogens is 1. The Bertz CT molecular complexity index is 688. The lowest BCUT2D eigenvalue weighted by Gasteiger charge is -2.08. The minimum absolute atomic E-state index is 0.0308. The van der Waals surface area contributed by atoms with Crippen molar-refractivity contribution in [2.24, 2.45) is 0 Å². The molecule has 18 heavy (non-hydrogen) atoms. The van der Waals surface area contributed by atoms with Gasteiger partial charge in [-0.2, -0.15) is 13.5 Å². The van der Waals surface area contributed by atoms with E-state index in [2.05, 4.69) is 14.9 Å². The SMILES string of the molecule is CCn1cc(NS(=O)(=O)c2ccn[nH]2)ccc1=O. The van der Waals surface area contributed by atoms with E-state index in [1.807, 2.05) is 0 Å². The van der Waals surface area contributed by atoms with Crippen molar-refractivity contribution in [3.05, 3.63) is 40.9 Å². The van der Waals surface area contributed by atoms with Crippen LogP contribution in [-0.2, 0) is 16.6 Å². The van der Waals surface area contributed by atoms with Crippen LogP contribution >= 0.6 is 0 Å². The van der Waals surface area contributed by atoms with Crippen LogP contribution in [0.1, 0.15) is 6.92 Å². The van der Waals surface area contributed by atoms with E-state index in [0.29, 0.717) is 12.2 Å². The molecule has 2 N–H and O–H groups in total. The third-order valence-electron chi connectivity index (χ3n) is 2.34. The molecule has 2 aromatic heterocycles. The van der Waals surface area contributed by atoms with Gasteiger partial charge in [0, 0.05) is 18.8 Å². The lowest BCUT2D eigenvalue weighted by atomic mass is 10.4. The molecule has 0 aromatic carbocycles. The molecule has 96 valence electrons. The fraction of sp³-hybridized carbons (Fsp3) is 0.200. The van der Waals surface area contributed by atoms with Crippen molar-refractivity contribution in [3.8, 4) is 0 Å². The summed E-state index contributed by atoms with van der Waals surface area (Å²) in [5, 5.41) is 5.92. The van der Waals surface area contributed by atoms with Crippen molar-refractivity contribution < 1.29 is 8.42 Å². The molecule has 2 heterocycles. The molecule has 0 unspecified atom stereocenters. The number of hydrogen-bond acceptors (Lipinski definition) is 4. The predicted molar refractivity (Wildman–Crippen MR) is 65.8 cm³/mol. The van der Waals surface area contributed by atoms with Crippen LogP contribution < -0.4 is 10.3 Å². The summed E-state index contributed by atoms with van der Waals surface area (Å²) in [5.41, 5.74) is 0.146. The maximum atomic E-state index is 11.9. The van der Waals surface area contributed by atoms with E-state index in [4.69, 9.17) is 0 Å². The summed E-state index contributed by atoms with van der Waals surface area (Å²) in [6, 6.07) is 4.08. The standard InChI is InChI=1S/C10H12N4O3S/c1-2-14-7-8(3-4-10(14)15)13-18(16,17)9-5-6-11-12-9/h3-7,13H,2H2,1H3,(H,11,12). The Morgan fingerprint density at radius 3 is 2.78 bits per heavy atom. The molecule has 0 spiro atoms. The average Bonchev–Trinajstić information content (AvgIpc) is 2.85. The Balaban J connectivity index is 2.33. The van der Waals surface area contributed by atoms with E-state index in [0.717, 1.165) is 0 Å². The second-order valence-corrected chi connectivity index (χ2v) is 5.22. The molecular weight excluding hydrogens is 256 g/mol. The van der Waals surface area contributed by atoms with Crippen LogP contribution in [0.3, 0.4) is 0 Å². The number of pyridine rings is 1. The zero-order chi connectivity index (χ0) is 13.2. The highest BCUT2D eigenvalue weighted by molar-refractivity contribution is 7.92. The highest BCUT2D eigenvalue weighted by Crippen LogP contribution is 2.11.